The SMILES string of the molecule is CCC(C)SC(C)CCN. The average Bonchev–Trinajstić information content (AvgIpc) is 1.88. The van der Waals surface area contributed by atoms with Crippen LogP contribution in [0.1, 0.15) is 33.6 Å². The van der Waals surface area contributed by atoms with Gasteiger partial charge in [0.2, 0.25) is 0 Å². The standard InChI is InChI=1S/C8H19NS/c1-4-7(2)10-8(3)5-6-9/h7-8H,4-6,9H2,1-3H3. The normalized spacial score (nSPS) is 16.8. The maximum atomic E-state index is 5.43. The Labute approximate surface area is 68.8 Å². The zero-order valence-electron chi connectivity index (χ0n) is 7.26. The highest BCUT2D eigenvalue weighted by molar-refractivity contribution is 8.00. The summed E-state index contributed by atoms with van der Waals surface area (Å²) in [4.78, 5) is 0. The minimum Gasteiger partial charge on any atom is -0.330 e. The van der Waals surface area contributed by atoms with Crippen LogP contribution in [0.2, 0.25) is 0 Å². The fourth-order valence-electron chi connectivity index (χ4n) is 0.796. The fourth-order valence-corrected chi connectivity index (χ4v) is 2.05. The van der Waals surface area contributed by atoms with E-state index in [-0.39, 0.29) is 0 Å². The minimum atomic E-state index is 0.736. The molecule has 0 fully saturated rings. The lowest BCUT2D eigenvalue weighted by Crippen LogP contribution is -2.10. The lowest BCUT2D eigenvalue weighted by Gasteiger charge is -2.14. The van der Waals surface area contributed by atoms with Gasteiger partial charge in [0.1, 0.15) is 0 Å². The molecule has 1 nitrogen and oxygen atoms in total. The van der Waals surface area contributed by atoms with Crippen molar-refractivity contribution < 1.29 is 0 Å². The monoisotopic (exact) mass is 161 g/mol. The first-order valence-electron chi connectivity index (χ1n) is 4.06. The van der Waals surface area contributed by atoms with Crippen LogP contribution in [0.15, 0.2) is 0 Å². The Morgan fingerprint density at radius 3 is 2.30 bits per heavy atom. The van der Waals surface area contributed by atoms with Crippen molar-refractivity contribution in [3.05, 3.63) is 0 Å². The molecule has 2 heteroatoms. The van der Waals surface area contributed by atoms with Gasteiger partial charge in [-0.25, -0.2) is 0 Å². The fraction of sp³-hybridized carbons (Fsp3) is 1.00. The van der Waals surface area contributed by atoms with Gasteiger partial charge in [-0.05, 0) is 19.4 Å². The highest BCUT2D eigenvalue weighted by atomic mass is 32.2. The summed E-state index contributed by atoms with van der Waals surface area (Å²) in [6.45, 7) is 7.58. The summed E-state index contributed by atoms with van der Waals surface area (Å²) in [5.41, 5.74) is 5.43. The molecule has 0 aromatic rings. The Bertz CT molecular complexity index is 75.7. The minimum absolute atomic E-state index is 0.736. The molecule has 0 amide bonds. The third kappa shape index (κ3) is 5.12. The van der Waals surface area contributed by atoms with Crippen LogP contribution in [0.25, 0.3) is 0 Å². The summed E-state index contributed by atoms with van der Waals surface area (Å²) < 4.78 is 0. The second kappa shape index (κ2) is 6.05. The van der Waals surface area contributed by atoms with Crippen LogP contribution in [-0.4, -0.2) is 17.0 Å². The molecule has 0 heterocycles. The van der Waals surface area contributed by atoms with Gasteiger partial charge in [0.15, 0.2) is 0 Å². The molecule has 0 saturated carbocycles. The Morgan fingerprint density at radius 1 is 1.30 bits per heavy atom. The summed E-state index contributed by atoms with van der Waals surface area (Å²) >= 11 is 2.04. The van der Waals surface area contributed by atoms with Gasteiger partial charge in [-0.3, -0.25) is 0 Å². The Morgan fingerprint density at radius 2 is 1.90 bits per heavy atom. The molecule has 0 bridgehead atoms. The molecule has 0 saturated heterocycles. The summed E-state index contributed by atoms with van der Waals surface area (Å²) in [5.74, 6) is 0. The van der Waals surface area contributed by atoms with E-state index in [0.29, 0.717) is 0 Å². The largest absolute Gasteiger partial charge is 0.330 e. The van der Waals surface area contributed by atoms with Crippen LogP contribution in [0, 0.1) is 0 Å². The van der Waals surface area contributed by atoms with E-state index >= 15 is 0 Å². The van der Waals surface area contributed by atoms with E-state index in [0.717, 1.165) is 23.5 Å². The average molecular weight is 161 g/mol. The van der Waals surface area contributed by atoms with Gasteiger partial charge in [0.05, 0.1) is 0 Å². The molecule has 2 atom stereocenters. The molecule has 62 valence electrons. The van der Waals surface area contributed by atoms with E-state index in [1.54, 1.807) is 0 Å². The third-order valence-electron chi connectivity index (χ3n) is 1.61. The maximum absolute atomic E-state index is 5.43. The van der Waals surface area contributed by atoms with E-state index in [1.807, 2.05) is 11.8 Å². The van der Waals surface area contributed by atoms with Gasteiger partial charge in [-0.2, -0.15) is 11.8 Å². The van der Waals surface area contributed by atoms with Crippen molar-refractivity contribution in [1.29, 1.82) is 0 Å². The number of hydrogen-bond donors (Lipinski definition) is 1. The van der Waals surface area contributed by atoms with Crippen molar-refractivity contribution in [2.24, 2.45) is 5.73 Å². The van der Waals surface area contributed by atoms with Gasteiger partial charge >= 0.3 is 0 Å². The molecule has 0 spiro atoms. The van der Waals surface area contributed by atoms with Crippen molar-refractivity contribution in [1.82, 2.24) is 0 Å². The molecule has 0 aliphatic carbocycles. The molecule has 2 N–H and O–H groups in total. The lowest BCUT2D eigenvalue weighted by atomic mass is 10.3. The summed E-state index contributed by atoms with van der Waals surface area (Å²) in [6.07, 6.45) is 2.41. The first-order chi connectivity index (χ1) is 4.70. The molecule has 0 radical (unpaired) electrons. The van der Waals surface area contributed by atoms with Gasteiger partial charge in [0, 0.05) is 10.5 Å². The highest BCUT2D eigenvalue weighted by Gasteiger charge is 2.05. The van der Waals surface area contributed by atoms with Crippen LogP contribution in [0.5, 0.6) is 0 Å². The van der Waals surface area contributed by atoms with Crippen LogP contribution in [-0.2, 0) is 0 Å². The Balaban J connectivity index is 3.27. The molecule has 0 aromatic heterocycles. The van der Waals surface area contributed by atoms with Crippen molar-refractivity contribution >= 4 is 11.8 Å². The predicted octanol–water partition coefficient (Wildman–Crippen LogP) is 2.26. The Kier molecular flexibility index (Phi) is 6.24. The van der Waals surface area contributed by atoms with E-state index in [9.17, 15) is 0 Å². The van der Waals surface area contributed by atoms with E-state index in [2.05, 4.69) is 20.8 Å². The molecule has 2 unspecified atom stereocenters. The van der Waals surface area contributed by atoms with E-state index < -0.39 is 0 Å². The smallest absolute Gasteiger partial charge is 0.00333 e. The second-order valence-corrected chi connectivity index (χ2v) is 4.62. The summed E-state index contributed by atoms with van der Waals surface area (Å²) in [6, 6.07) is 0. The molecular weight excluding hydrogens is 142 g/mol. The van der Waals surface area contributed by atoms with Crippen LogP contribution in [0.4, 0.5) is 0 Å². The lowest BCUT2D eigenvalue weighted by molar-refractivity contribution is 0.808. The summed E-state index contributed by atoms with van der Waals surface area (Å²) in [5, 5.41) is 1.53. The summed E-state index contributed by atoms with van der Waals surface area (Å²) in [7, 11) is 0. The Hall–Kier alpha value is 0.310. The molecular formula is C8H19NS. The zero-order valence-corrected chi connectivity index (χ0v) is 8.08. The first kappa shape index (κ1) is 10.3. The van der Waals surface area contributed by atoms with Gasteiger partial charge in [-0.1, -0.05) is 20.8 Å². The highest BCUT2D eigenvalue weighted by Crippen LogP contribution is 2.21. The zero-order chi connectivity index (χ0) is 7.98. The first-order valence-corrected chi connectivity index (χ1v) is 5.00. The molecule has 0 aromatic carbocycles. The van der Waals surface area contributed by atoms with Gasteiger partial charge < -0.3 is 5.73 Å². The van der Waals surface area contributed by atoms with Gasteiger partial charge in [0.25, 0.3) is 0 Å². The molecule has 10 heavy (non-hydrogen) atoms. The third-order valence-corrected chi connectivity index (χ3v) is 3.11. The number of hydrogen-bond acceptors (Lipinski definition) is 2. The quantitative estimate of drug-likeness (QED) is 0.669. The van der Waals surface area contributed by atoms with Crippen LogP contribution in [0.3, 0.4) is 0 Å². The van der Waals surface area contributed by atoms with Gasteiger partial charge in [-0.15, -0.1) is 0 Å². The van der Waals surface area contributed by atoms with Crippen molar-refractivity contribution in [3.8, 4) is 0 Å². The molecule has 0 aliphatic rings. The molecule has 0 aliphatic heterocycles. The second-order valence-electron chi connectivity index (χ2n) is 2.74. The predicted molar refractivity (Wildman–Crippen MR) is 50.5 cm³/mol. The maximum Gasteiger partial charge on any atom is 0.00333 e. The number of nitrogens with two attached hydrogens (primary N) is 1. The van der Waals surface area contributed by atoms with Crippen molar-refractivity contribution in [2.45, 2.75) is 44.1 Å². The van der Waals surface area contributed by atoms with Crippen LogP contribution < -0.4 is 5.73 Å². The number of thioether (sulfide) groups is 1. The van der Waals surface area contributed by atoms with E-state index in [1.165, 1.54) is 6.42 Å². The van der Waals surface area contributed by atoms with Crippen molar-refractivity contribution in [3.63, 3.8) is 0 Å². The molecule has 0 rings (SSSR count). The van der Waals surface area contributed by atoms with E-state index in [4.69, 9.17) is 5.73 Å². The van der Waals surface area contributed by atoms with Crippen molar-refractivity contribution in [2.75, 3.05) is 6.54 Å². The number of rotatable bonds is 5. The van der Waals surface area contributed by atoms with Crippen LogP contribution >= 0.6 is 11.8 Å². The topological polar surface area (TPSA) is 26.0 Å².